The Kier molecular flexibility index (Phi) is 7.54. The lowest BCUT2D eigenvalue weighted by molar-refractivity contribution is -0.154. The Bertz CT molecular complexity index is 332. The first kappa shape index (κ1) is 15.9. The van der Waals surface area contributed by atoms with Gasteiger partial charge in [0.25, 0.3) is 0 Å². The van der Waals surface area contributed by atoms with Gasteiger partial charge in [-0.15, -0.1) is 12.4 Å². The van der Waals surface area contributed by atoms with Crippen molar-refractivity contribution in [3.05, 3.63) is 35.9 Å². The predicted octanol–water partition coefficient (Wildman–Crippen LogP) is 0.902. The molecule has 1 rings (SSSR count). The van der Waals surface area contributed by atoms with E-state index in [9.17, 15) is 9.90 Å². The maximum absolute atomic E-state index is 11.2. The standard InChI is InChI=1S/C12H17NO3.ClH/c1-2-16-12(15)11(14)10(13)8-9-6-4-3-5-7-9;/h3-7,10-11,14H,2,8,13H2,1H3;1H. The van der Waals surface area contributed by atoms with Crippen molar-refractivity contribution in [2.45, 2.75) is 25.5 Å². The predicted molar refractivity (Wildman–Crippen MR) is 68.0 cm³/mol. The molecule has 0 aliphatic heterocycles. The number of ether oxygens (including phenoxy) is 1. The number of aliphatic hydroxyl groups is 1. The number of nitrogens with two attached hydrogens (primary N) is 1. The van der Waals surface area contributed by atoms with Crippen LogP contribution in [0, 0.1) is 0 Å². The second-order valence-electron chi connectivity index (χ2n) is 3.55. The van der Waals surface area contributed by atoms with Crippen molar-refractivity contribution in [2.75, 3.05) is 6.61 Å². The highest BCUT2D eigenvalue weighted by atomic mass is 35.5. The van der Waals surface area contributed by atoms with Crippen LogP contribution in [0.2, 0.25) is 0 Å². The molecule has 0 aliphatic carbocycles. The largest absolute Gasteiger partial charge is 0.464 e. The molecule has 1 aromatic carbocycles. The number of rotatable bonds is 5. The Hall–Kier alpha value is -1.10. The van der Waals surface area contributed by atoms with Gasteiger partial charge in [0.1, 0.15) is 0 Å². The summed E-state index contributed by atoms with van der Waals surface area (Å²) in [6.07, 6.45) is -0.818. The Morgan fingerprint density at radius 1 is 1.41 bits per heavy atom. The van der Waals surface area contributed by atoms with Crippen LogP contribution in [-0.2, 0) is 16.0 Å². The molecular formula is C12H18ClNO3. The van der Waals surface area contributed by atoms with E-state index in [2.05, 4.69) is 0 Å². The van der Waals surface area contributed by atoms with E-state index in [0.29, 0.717) is 6.42 Å². The molecule has 3 N–H and O–H groups in total. The third kappa shape index (κ3) is 5.17. The lowest BCUT2D eigenvalue weighted by atomic mass is 10.0. The molecule has 5 heteroatoms. The van der Waals surface area contributed by atoms with Gasteiger partial charge in [0.2, 0.25) is 0 Å². The maximum atomic E-state index is 11.2. The smallest absolute Gasteiger partial charge is 0.336 e. The van der Waals surface area contributed by atoms with Gasteiger partial charge in [0.05, 0.1) is 6.61 Å². The van der Waals surface area contributed by atoms with Crippen LogP contribution in [0.15, 0.2) is 30.3 Å². The molecule has 17 heavy (non-hydrogen) atoms. The van der Waals surface area contributed by atoms with Crippen LogP contribution >= 0.6 is 12.4 Å². The van der Waals surface area contributed by atoms with E-state index in [1.54, 1.807) is 6.92 Å². The number of hydrogen-bond donors (Lipinski definition) is 2. The molecule has 0 amide bonds. The fourth-order valence-corrected chi connectivity index (χ4v) is 1.40. The fraction of sp³-hybridized carbons (Fsp3) is 0.417. The molecule has 0 fully saturated rings. The van der Waals surface area contributed by atoms with E-state index in [0.717, 1.165) is 5.56 Å². The third-order valence-electron chi connectivity index (χ3n) is 2.25. The van der Waals surface area contributed by atoms with Gasteiger partial charge in [-0.1, -0.05) is 30.3 Å². The topological polar surface area (TPSA) is 72.5 Å². The quantitative estimate of drug-likeness (QED) is 0.771. The van der Waals surface area contributed by atoms with Gasteiger partial charge in [-0.05, 0) is 18.9 Å². The van der Waals surface area contributed by atoms with Crippen molar-refractivity contribution in [1.82, 2.24) is 0 Å². The minimum absolute atomic E-state index is 0. The third-order valence-corrected chi connectivity index (χ3v) is 2.25. The van der Waals surface area contributed by atoms with E-state index in [1.165, 1.54) is 0 Å². The van der Waals surface area contributed by atoms with E-state index < -0.39 is 18.1 Å². The number of carbonyl (C=O) groups excluding carboxylic acids is 1. The number of halogens is 1. The van der Waals surface area contributed by atoms with Gasteiger partial charge in [0.15, 0.2) is 6.10 Å². The lowest BCUT2D eigenvalue weighted by Crippen LogP contribution is -2.42. The lowest BCUT2D eigenvalue weighted by Gasteiger charge is -2.17. The average molecular weight is 260 g/mol. The molecule has 0 bridgehead atoms. The van der Waals surface area contributed by atoms with Gasteiger partial charge < -0.3 is 15.6 Å². The zero-order valence-electron chi connectivity index (χ0n) is 9.70. The highest BCUT2D eigenvalue weighted by molar-refractivity contribution is 5.85. The van der Waals surface area contributed by atoms with Gasteiger partial charge in [-0.25, -0.2) is 4.79 Å². The highest BCUT2D eigenvalue weighted by Crippen LogP contribution is 2.05. The Morgan fingerprint density at radius 3 is 2.53 bits per heavy atom. The summed E-state index contributed by atoms with van der Waals surface area (Å²) in [5, 5.41) is 9.58. The van der Waals surface area contributed by atoms with Crippen molar-refractivity contribution >= 4 is 18.4 Å². The molecule has 2 unspecified atom stereocenters. The molecule has 1 aromatic rings. The zero-order chi connectivity index (χ0) is 12.0. The molecule has 0 aliphatic rings. The molecule has 4 nitrogen and oxygen atoms in total. The summed E-state index contributed by atoms with van der Waals surface area (Å²) in [7, 11) is 0. The van der Waals surface area contributed by atoms with E-state index >= 15 is 0 Å². The minimum atomic E-state index is -1.26. The zero-order valence-corrected chi connectivity index (χ0v) is 10.5. The Labute approximate surface area is 107 Å². The van der Waals surface area contributed by atoms with Crippen LogP contribution in [0.1, 0.15) is 12.5 Å². The minimum Gasteiger partial charge on any atom is -0.464 e. The molecule has 0 heterocycles. The van der Waals surface area contributed by atoms with Crippen molar-refractivity contribution in [3.63, 3.8) is 0 Å². The van der Waals surface area contributed by atoms with Crippen LogP contribution in [-0.4, -0.2) is 29.8 Å². The number of carbonyl (C=O) groups is 1. The molecule has 2 atom stereocenters. The summed E-state index contributed by atoms with van der Waals surface area (Å²) in [6, 6.07) is 8.84. The van der Waals surface area contributed by atoms with E-state index in [-0.39, 0.29) is 19.0 Å². The van der Waals surface area contributed by atoms with Crippen molar-refractivity contribution in [1.29, 1.82) is 0 Å². The van der Waals surface area contributed by atoms with Crippen LogP contribution < -0.4 is 5.73 Å². The van der Waals surface area contributed by atoms with Crippen molar-refractivity contribution in [2.24, 2.45) is 5.73 Å². The van der Waals surface area contributed by atoms with E-state index in [1.807, 2.05) is 30.3 Å². The molecule has 0 spiro atoms. The monoisotopic (exact) mass is 259 g/mol. The first-order chi connectivity index (χ1) is 7.65. The van der Waals surface area contributed by atoms with Crippen LogP contribution in [0.25, 0.3) is 0 Å². The molecule has 96 valence electrons. The van der Waals surface area contributed by atoms with Crippen LogP contribution in [0.5, 0.6) is 0 Å². The number of benzene rings is 1. The average Bonchev–Trinajstić information content (AvgIpc) is 2.29. The molecule has 0 saturated heterocycles. The number of hydrogen-bond acceptors (Lipinski definition) is 4. The SMILES string of the molecule is CCOC(=O)C(O)C(N)Cc1ccccc1.Cl. The first-order valence-electron chi connectivity index (χ1n) is 5.29. The van der Waals surface area contributed by atoms with Gasteiger partial charge in [-0.3, -0.25) is 0 Å². The summed E-state index contributed by atoms with van der Waals surface area (Å²) in [5.74, 6) is -0.661. The molecule has 0 radical (unpaired) electrons. The van der Waals surface area contributed by atoms with Crippen LogP contribution in [0.4, 0.5) is 0 Å². The van der Waals surface area contributed by atoms with E-state index in [4.69, 9.17) is 10.5 Å². The summed E-state index contributed by atoms with van der Waals surface area (Å²) >= 11 is 0. The summed E-state index contributed by atoms with van der Waals surface area (Å²) in [6.45, 7) is 1.93. The second kappa shape index (κ2) is 8.06. The van der Waals surface area contributed by atoms with Crippen LogP contribution in [0.3, 0.4) is 0 Å². The Balaban J connectivity index is 0.00000256. The first-order valence-corrected chi connectivity index (χ1v) is 5.29. The second-order valence-corrected chi connectivity index (χ2v) is 3.55. The Morgan fingerprint density at radius 2 is 2.00 bits per heavy atom. The van der Waals surface area contributed by atoms with Gasteiger partial charge in [0, 0.05) is 6.04 Å². The van der Waals surface area contributed by atoms with Crippen molar-refractivity contribution < 1.29 is 14.6 Å². The molecule has 0 aromatic heterocycles. The highest BCUT2D eigenvalue weighted by Gasteiger charge is 2.24. The number of aliphatic hydroxyl groups excluding tert-OH is 1. The molecular weight excluding hydrogens is 242 g/mol. The summed E-state index contributed by atoms with van der Waals surface area (Å²) in [4.78, 5) is 11.2. The summed E-state index contributed by atoms with van der Waals surface area (Å²) in [5.41, 5.74) is 6.71. The maximum Gasteiger partial charge on any atom is 0.336 e. The van der Waals surface area contributed by atoms with Crippen molar-refractivity contribution in [3.8, 4) is 0 Å². The normalized spacial score (nSPS) is 13.4. The fourth-order valence-electron chi connectivity index (χ4n) is 1.40. The van der Waals surface area contributed by atoms with Gasteiger partial charge >= 0.3 is 5.97 Å². The summed E-state index contributed by atoms with van der Waals surface area (Å²) < 4.78 is 4.69. The van der Waals surface area contributed by atoms with Gasteiger partial charge in [-0.2, -0.15) is 0 Å². The number of esters is 1. The molecule has 0 saturated carbocycles.